The van der Waals surface area contributed by atoms with E-state index in [1.54, 1.807) is 20.8 Å². The lowest BCUT2D eigenvalue weighted by atomic mass is 10.1. The van der Waals surface area contributed by atoms with Gasteiger partial charge in [-0.05, 0) is 27.2 Å². The molecule has 0 saturated heterocycles. The second-order valence-corrected chi connectivity index (χ2v) is 6.05. The van der Waals surface area contributed by atoms with Crippen molar-refractivity contribution in [3.8, 4) is 5.75 Å². The molecule has 0 aromatic heterocycles. The topological polar surface area (TPSA) is 78.6 Å². The first-order valence-electron chi connectivity index (χ1n) is 7.05. The molecule has 1 aromatic carbocycles. The highest BCUT2D eigenvalue weighted by molar-refractivity contribution is 5.79. The number of hydrogen-bond acceptors (Lipinski definition) is 5. The Morgan fingerprint density at radius 1 is 0.960 bits per heavy atom. The lowest BCUT2D eigenvalue weighted by molar-refractivity contribution is -0.155. The standard InChI is InChI=1S/C15H16F5NO4/c1-15(2,3)25-7(22)5-4-6(21)14(23)24-13-11(19)9(17)8(16)10(18)12(13)20/h6H,4-5,21H2,1-3H3. The molecule has 25 heavy (non-hydrogen) atoms. The number of rotatable bonds is 5. The van der Waals surface area contributed by atoms with Crippen LogP contribution in [-0.2, 0) is 14.3 Å². The number of esters is 2. The molecule has 0 heterocycles. The Bertz CT molecular complexity index is 658. The molecule has 140 valence electrons. The van der Waals surface area contributed by atoms with Crippen LogP contribution in [0.15, 0.2) is 0 Å². The molecule has 10 heteroatoms. The fourth-order valence-corrected chi connectivity index (χ4v) is 1.63. The maximum atomic E-state index is 13.4. The summed E-state index contributed by atoms with van der Waals surface area (Å²) in [6.07, 6.45) is -0.631. The van der Waals surface area contributed by atoms with Gasteiger partial charge in [0.2, 0.25) is 34.8 Å². The monoisotopic (exact) mass is 369 g/mol. The lowest BCUT2D eigenvalue weighted by Crippen LogP contribution is -2.36. The second kappa shape index (κ2) is 7.77. The Labute approximate surface area is 139 Å². The molecule has 1 rings (SSSR count). The zero-order valence-corrected chi connectivity index (χ0v) is 13.6. The second-order valence-electron chi connectivity index (χ2n) is 6.05. The van der Waals surface area contributed by atoms with E-state index in [4.69, 9.17) is 10.5 Å². The van der Waals surface area contributed by atoms with E-state index >= 15 is 0 Å². The first kappa shape index (κ1) is 20.8. The van der Waals surface area contributed by atoms with E-state index in [1.807, 2.05) is 0 Å². The first-order chi connectivity index (χ1) is 11.3. The quantitative estimate of drug-likeness (QED) is 0.284. The molecule has 0 aliphatic rings. The Morgan fingerprint density at radius 2 is 1.40 bits per heavy atom. The molecule has 0 fully saturated rings. The zero-order valence-electron chi connectivity index (χ0n) is 13.6. The highest BCUT2D eigenvalue weighted by Gasteiger charge is 2.30. The summed E-state index contributed by atoms with van der Waals surface area (Å²) in [4.78, 5) is 23.1. The lowest BCUT2D eigenvalue weighted by Gasteiger charge is -2.20. The van der Waals surface area contributed by atoms with Gasteiger partial charge in [-0.2, -0.15) is 8.78 Å². The van der Waals surface area contributed by atoms with Gasteiger partial charge in [0.25, 0.3) is 0 Å². The van der Waals surface area contributed by atoms with Crippen molar-refractivity contribution in [2.24, 2.45) is 5.73 Å². The van der Waals surface area contributed by atoms with E-state index < -0.39 is 58.4 Å². The fourth-order valence-electron chi connectivity index (χ4n) is 1.63. The molecule has 0 saturated carbocycles. The Kier molecular flexibility index (Phi) is 6.47. The van der Waals surface area contributed by atoms with E-state index in [0.29, 0.717) is 0 Å². The van der Waals surface area contributed by atoms with Crippen molar-refractivity contribution < 1.29 is 41.0 Å². The van der Waals surface area contributed by atoms with Gasteiger partial charge in [0.05, 0.1) is 0 Å². The highest BCUT2D eigenvalue weighted by Crippen LogP contribution is 2.29. The van der Waals surface area contributed by atoms with Crippen LogP contribution in [0.4, 0.5) is 22.0 Å². The van der Waals surface area contributed by atoms with Crippen LogP contribution in [0.1, 0.15) is 33.6 Å². The van der Waals surface area contributed by atoms with Crippen molar-refractivity contribution in [3.05, 3.63) is 29.1 Å². The van der Waals surface area contributed by atoms with E-state index in [9.17, 15) is 31.5 Å². The molecule has 0 aliphatic heterocycles. The third-order valence-corrected chi connectivity index (χ3v) is 2.75. The summed E-state index contributed by atoms with van der Waals surface area (Å²) in [6, 6.07) is -1.54. The minimum Gasteiger partial charge on any atom is -0.460 e. The summed E-state index contributed by atoms with van der Waals surface area (Å²) in [6.45, 7) is 4.84. The van der Waals surface area contributed by atoms with Crippen molar-refractivity contribution in [2.45, 2.75) is 45.3 Å². The van der Waals surface area contributed by atoms with Gasteiger partial charge >= 0.3 is 11.9 Å². The summed E-state index contributed by atoms with van der Waals surface area (Å²) in [5, 5.41) is 0. The van der Waals surface area contributed by atoms with Gasteiger partial charge < -0.3 is 15.2 Å². The molecule has 0 radical (unpaired) electrons. The molecule has 0 bridgehead atoms. The predicted octanol–water partition coefficient (Wildman–Crippen LogP) is 2.74. The van der Waals surface area contributed by atoms with Crippen LogP contribution in [0.2, 0.25) is 0 Å². The van der Waals surface area contributed by atoms with Crippen molar-refractivity contribution in [2.75, 3.05) is 0 Å². The number of hydrogen-bond donors (Lipinski definition) is 1. The zero-order chi connectivity index (χ0) is 19.5. The molecule has 0 amide bonds. The van der Waals surface area contributed by atoms with Crippen molar-refractivity contribution in [1.82, 2.24) is 0 Å². The molecule has 1 unspecified atom stereocenters. The van der Waals surface area contributed by atoms with Crippen LogP contribution in [-0.4, -0.2) is 23.6 Å². The van der Waals surface area contributed by atoms with Crippen molar-refractivity contribution >= 4 is 11.9 Å². The van der Waals surface area contributed by atoms with Gasteiger partial charge in [-0.25, -0.2) is 18.0 Å². The van der Waals surface area contributed by atoms with Crippen LogP contribution < -0.4 is 10.5 Å². The van der Waals surface area contributed by atoms with Crippen molar-refractivity contribution in [1.29, 1.82) is 0 Å². The van der Waals surface area contributed by atoms with Gasteiger partial charge in [0.1, 0.15) is 11.6 Å². The van der Waals surface area contributed by atoms with Gasteiger partial charge in [0, 0.05) is 6.42 Å². The number of carbonyl (C=O) groups is 2. The maximum Gasteiger partial charge on any atom is 0.328 e. The van der Waals surface area contributed by atoms with Crippen molar-refractivity contribution in [3.63, 3.8) is 0 Å². The van der Waals surface area contributed by atoms with E-state index in [0.717, 1.165) is 0 Å². The SMILES string of the molecule is CC(C)(C)OC(=O)CCC(N)C(=O)Oc1c(F)c(F)c(F)c(F)c1F. The van der Waals surface area contributed by atoms with Crippen LogP contribution in [0.25, 0.3) is 0 Å². The van der Waals surface area contributed by atoms with Crippen LogP contribution in [0, 0.1) is 29.1 Å². The van der Waals surface area contributed by atoms with Crippen LogP contribution >= 0.6 is 0 Å². The van der Waals surface area contributed by atoms with Crippen LogP contribution in [0.5, 0.6) is 5.75 Å². The van der Waals surface area contributed by atoms with Gasteiger partial charge in [-0.15, -0.1) is 0 Å². The summed E-state index contributed by atoms with van der Waals surface area (Å²) < 4.78 is 74.9. The summed E-state index contributed by atoms with van der Waals surface area (Å²) in [5.74, 6) is -15.4. The largest absolute Gasteiger partial charge is 0.460 e. The fraction of sp³-hybridized carbons (Fsp3) is 0.467. The molecule has 1 atom stereocenters. The first-order valence-corrected chi connectivity index (χ1v) is 7.05. The average Bonchev–Trinajstić information content (AvgIpc) is 2.51. The number of carbonyl (C=O) groups excluding carboxylic acids is 2. The molecule has 5 nitrogen and oxygen atoms in total. The van der Waals surface area contributed by atoms with Gasteiger partial charge in [-0.3, -0.25) is 4.79 Å². The number of ether oxygens (including phenoxy) is 2. The molecule has 2 N–H and O–H groups in total. The smallest absolute Gasteiger partial charge is 0.328 e. The number of halogens is 5. The molecular formula is C15H16F5NO4. The summed E-state index contributed by atoms with van der Waals surface area (Å²) in [5.41, 5.74) is 4.63. The minimum absolute atomic E-state index is 0.315. The molecule has 1 aromatic rings. The number of benzene rings is 1. The highest BCUT2D eigenvalue weighted by atomic mass is 19.2. The Balaban J connectivity index is 2.78. The third-order valence-electron chi connectivity index (χ3n) is 2.75. The molecule has 0 spiro atoms. The number of nitrogens with two attached hydrogens (primary N) is 1. The Hall–Kier alpha value is -2.23. The van der Waals surface area contributed by atoms with Crippen LogP contribution in [0.3, 0.4) is 0 Å². The summed E-state index contributed by atoms with van der Waals surface area (Å²) >= 11 is 0. The molecular weight excluding hydrogens is 353 g/mol. The third kappa shape index (κ3) is 5.38. The van der Waals surface area contributed by atoms with E-state index in [-0.39, 0.29) is 12.8 Å². The molecule has 0 aliphatic carbocycles. The predicted molar refractivity (Wildman–Crippen MR) is 74.9 cm³/mol. The normalized spacial score (nSPS) is 12.7. The van der Waals surface area contributed by atoms with Gasteiger partial charge in [0.15, 0.2) is 0 Å². The maximum absolute atomic E-state index is 13.4. The van der Waals surface area contributed by atoms with E-state index in [2.05, 4.69) is 4.74 Å². The van der Waals surface area contributed by atoms with E-state index in [1.165, 1.54) is 0 Å². The van der Waals surface area contributed by atoms with Gasteiger partial charge in [-0.1, -0.05) is 0 Å². The summed E-state index contributed by atoms with van der Waals surface area (Å²) in [7, 11) is 0. The Morgan fingerprint density at radius 3 is 1.84 bits per heavy atom. The average molecular weight is 369 g/mol. The minimum atomic E-state index is -2.39.